The molecule has 1 heterocycles. The summed E-state index contributed by atoms with van der Waals surface area (Å²) in [5, 5.41) is 1.48. The third kappa shape index (κ3) is 2.70. The van der Waals surface area contributed by atoms with E-state index in [1.165, 1.54) is 0 Å². The molecule has 3 nitrogen and oxygen atoms in total. The molecule has 0 atom stereocenters. The number of aryl methyl sites for hydroxylation is 1. The first-order chi connectivity index (χ1) is 5.58. The number of thioether (sulfide) groups is 1. The van der Waals surface area contributed by atoms with E-state index in [0.717, 1.165) is 10.9 Å². The van der Waals surface area contributed by atoms with Crippen LogP contribution in [0.2, 0.25) is 0 Å². The van der Waals surface area contributed by atoms with Crippen LogP contribution in [0.4, 0.5) is 5.82 Å². The Hall–Kier alpha value is -0.770. The van der Waals surface area contributed by atoms with E-state index >= 15 is 0 Å². The number of hydrogen-bond acceptors (Lipinski definition) is 4. The quantitative estimate of drug-likeness (QED) is 0.561. The zero-order valence-corrected chi connectivity index (χ0v) is 8.35. The van der Waals surface area contributed by atoms with E-state index in [9.17, 15) is 0 Å². The highest BCUT2D eigenvalue weighted by atomic mass is 32.2. The molecule has 1 aromatic heterocycles. The number of nitrogens with zero attached hydrogens (tertiary/aromatic N) is 2. The van der Waals surface area contributed by atoms with Crippen molar-refractivity contribution in [1.29, 1.82) is 0 Å². The number of hydrogen-bond donors (Lipinski definition) is 1. The lowest BCUT2D eigenvalue weighted by Gasteiger charge is -2.04. The molecule has 0 aliphatic carbocycles. The Morgan fingerprint density at radius 1 is 1.42 bits per heavy atom. The second-order valence-electron chi connectivity index (χ2n) is 2.84. The van der Waals surface area contributed by atoms with Gasteiger partial charge in [0.1, 0.15) is 16.7 Å². The Labute approximate surface area is 76.8 Å². The number of aromatic nitrogens is 2. The highest BCUT2D eigenvalue weighted by Crippen LogP contribution is 2.21. The van der Waals surface area contributed by atoms with Gasteiger partial charge in [-0.1, -0.05) is 13.8 Å². The van der Waals surface area contributed by atoms with Gasteiger partial charge in [-0.05, 0) is 6.92 Å². The van der Waals surface area contributed by atoms with Crippen LogP contribution in [0.5, 0.6) is 0 Å². The van der Waals surface area contributed by atoms with Gasteiger partial charge >= 0.3 is 0 Å². The summed E-state index contributed by atoms with van der Waals surface area (Å²) in [6.45, 7) is 6.09. The molecule has 0 amide bonds. The Balaban J connectivity index is 2.85. The molecule has 12 heavy (non-hydrogen) atoms. The van der Waals surface area contributed by atoms with Gasteiger partial charge < -0.3 is 5.73 Å². The second-order valence-corrected chi connectivity index (χ2v) is 4.44. The van der Waals surface area contributed by atoms with Crippen molar-refractivity contribution in [2.75, 3.05) is 5.73 Å². The van der Waals surface area contributed by atoms with Crippen LogP contribution in [0.1, 0.15) is 19.7 Å². The predicted octanol–water partition coefficient (Wildman–Crippen LogP) is 1.87. The fourth-order valence-corrected chi connectivity index (χ4v) is 1.72. The SMILES string of the molecule is Cc1nc(N)cc(SC(C)C)n1. The number of nitrogens with two attached hydrogens (primary N) is 1. The smallest absolute Gasteiger partial charge is 0.128 e. The topological polar surface area (TPSA) is 51.8 Å². The Kier molecular flexibility index (Phi) is 2.92. The molecule has 0 unspecified atom stereocenters. The van der Waals surface area contributed by atoms with Crippen molar-refractivity contribution in [3.8, 4) is 0 Å². The summed E-state index contributed by atoms with van der Waals surface area (Å²) in [7, 11) is 0. The van der Waals surface area contributed by atoms with Crippen LogP contribution in [0.3, 0.4) is 0 Å². The van der Waals surface area contributed by atoms with Crippen molar-refractivity contribution in [2.24, 2.45) is 0 Å². The van der Waals surface area contributed by atoms with Crippen LogP contribution in [-0.4, -0.2) is 15.2 Å². The van der Waals surface area contributed by atoms with E-state index in [1.807, 2.05) is 6.92 Å². The molecule has 4 heteroatoms. The van der Waals surface area contributed by atoms with Crippen molar-refractivity contribution in [3.63, 3.8) is 0 Å². The molecular formula is C8H13N3S. The molecule has 0 bridgehead atoms. The molecule has 0 saturated heterocycles. The van der Waals surface area contributed by atoms with Crippen molar-refractivity contribution >= 4 is 17.6 Å². The Morgan fingerprint density at radius 3 is 2.58 bits per heavy atom. The van der Waals surface area contributed by atoms with E-state index in [4.69, 9.17) is 5.73 Å². The summed E-state index contributed by atoms with van der Waals surface area (Å²) in [6.07, 6.45) is 0. The van der Waals surface area contributed by atoms with Crippen LogP contribution in [0.15, 0.2) is 11.1 Å². The molecule has 0 fully saturated rings. The lowest BCUT2D eigenvalue weighted by molar-refractivity contribution is 0.967. The highest BCUT2D eigenvalue weighted by Gasteiger charge is 2.01. The van der Waals surface area contributed by atoms with E-state index in [0.29, 0.717) is 11.1 Å². The van der Waals surface area contributed by atoms with Crippen molar-refractivity contribution in [1.82, 2.24) is 9.97 Å². The fourth-order valence-electron chi connectivity index (χ4n) is 0.864. The average Bonchev–Trinajstić information content (AvgIpc) is 1.81. The molecule has 0 saturated carbocycles. The maximum Gasteiger partial charge on any atom is 0.128 e. The molecular weight excluding hydrogens is 170 g/mol. The van der Waals surface area contributed by atoms with Gasteiger partial charge in [0, 0.05) is 11.3 Å². The third-order valence-electron chi connectivity index (χ3n) is 1.19. The molecule has 1 rings (SSSR count). The van der Waals surface area contributed by atoms with E-state index in [2.05, 4.69) is 23.8 Å². The van der Waals surface area contributed by atoms with Crippen molar-refractivity contribution in [2.45, 2.75) is 31.0 Å². The second kappa shape index (κ2) is 3.76. The molecule has 0 spiro atoms. The number of rotatable bonds is 2. The summed E-state index contributed by atoms with van der Waals surface area (Å²) in [6, 6.07) is 1.80. The van der Waals surface area contributed by atoms with Gasteiger partial charge in [-0.3, -0.25) is 0 Å². The van der Waals surface area contributed by atoms with Gasteiger partial charge in [0.2, 0.25) is 0 Å². The van der Waals surface area contributed by atoms with E-state index in [1.54, 1.807) is 17.8 Å². The molecule has 0 radical (unpaired) electrons. The lowest BCUT2D eigenvalue weighted by atomic mass is 10.5. The normalized spacial score (nSPS) is 10.7. The number of anilines is 1. The Morgan fingerprint density at radius 2 is 2.08 bits per heavy atom. The molecule has 1 aromatic rings. The Bertz CT molecular complexity index is 253. The van der Waals surface area contributed by atoms with Crippen molar-refractivity contribution < 1.29 is 0 Å². The summed E-state index contributed by atoms with van der Waals surface area (Å²) >= 11 is 1.70. The van der Waals surface area contributed by atoms with Gasteiger partial charge in [-0.2, -0.15) is 0 Å². The fraction of sp³-hybridized carbons (Fsp3) is 0.500. The van der Waals surface area contributed by atoms with Crippen LogP contribution in [-0.2, 0) is 0 Å². The molecule has 66 valence electrons. The van der Waals surface area contributed by atoms with E-state index < -0.39 is 0 Å². The minimum absolute atomic E-state index is 0.527. The minimum Gasteiger partial charge on any atom is -0.384 e. The summed E-state index contributed by atoms with van der Waals surface area (Å²) < 4.78 is 0. The van der Waals surface area contributed by atoms with E-state index in [-0.39, 0.29) is 0 Å². The first kappa shape index (κ1) is 9.32. The summed E-state index contributed by atoms with van der Waals surface area (Å²) in [5.74, 6) is 1.28. The zero-order valence-electron chi connectivity index (χ0n) is 7.53. The van der Waals surface area contributed by atoms with Crippen molar-refractivity contribution in [3.05, 3.63) is 11.9 Å². The first-order valence-electron chi connectivity index (χ1n) is 3.85. The minimum atomic E-state index is 0.527. The molecule has 0 aliphatic heterocycles. The van der Waals surface area contributed by atoms with Gasteiger partial charge in [-0.25, -0.2) is 9.97 Å². The van der Waals surface area contributed by atoms with Crippen LogP contribution in [0, 0.1) is 6.92 Å². The van der Waals surface area contributed by atoms with Crippen LogP contribution >= 0.6 is 11.8 Å². The summed E-state index contributed by atoms with van der Waals surface area (Å²) in [5.41, 5.74) is 5.57. The zero-order chi connectivity index (χ0) is 9.14. The maximum atomic E-state index is 5.57. The van der Waals surface area contributed by atoms with Crippen LogP contribution in [0.25, 0.3) is 0 Å². The largest absolute Gasteiger partial charge is 0.384 e. The maximum absolute atomic E-state index is 5.57. The molecule has 0 aromatic carbocycles. The third-order valence-corrected chi connectivity index (χ3v) is 2.11. The standard InChI is InChI=1S/C8H13N3S/c1-5(2)12-8-4-7(9)10-6(3)11-8/h4-5H,1-3H3,(H2,9,10,11). The van der Waals surface area contributed by atoms with Crippen LogP contribution < -0.4 is 5.73 Å². The number of nitrogen functional groups attached to an aromatic ring is 1. The first-order valence-corrected chi connectivity index (χ1v) is 4.73. The predicted molar refractivity (Wildman–Crippen MR) is 52.2 cm³/mol. The van der Waals surface area contributed by atoms with Gasteiger partial charge in [0.25, 0.3) is 0 Å². The van der Waals surface area contributed by atoms with Gasteiger partial charge in [-0.15, -0.1) is 11.8 Å². The molecule has 2 N–H and O–H groups in total. The average molecular weight is 183 g/mol. The molecule has 0 aliphatic rings. The summed E-state index contributed by atoms with van der Waals surface area (Å²) in [4.78, 5) is 8.24. The highest BCUT2D eigenvalue weighted by molar-refractivity contribution is 7.99. The van der Waals surface area contributed by atoms with Gasteiger partial charge in [0.05, 0.1) is 0 Å². The van der Waals surface area contributed by atoms with Gasteiger partial charge in [0.15, 0.2) is 0 Å². The lowest BCUT2D eigenvalue weighted by Crippen LogP contribution is -1.98. The monoisotopic (exact) mass is 183 g/mol.